The Morgan fingerprint density at radius 1 is 1.00 bits per heavy atom. The minimum atomic E-state index is -0.627. The number of hydrogen-bond acceptors (Lipinski definition) is 3. The lowest BCUT2D eigenvalue weighted by atomic mass is 9.92. The summed E-state index contributed by atoms with van der Waals surface area (Å²) in [6, 6.07) is 3.39. The molecule has 2 N–H and O–H groups in total. The van der Waals surface area contributed by atoms with Crippen LogP contribution in [0.25, 0.3) is 11.1 Å². The third-order valence-corrected chi connectivity index (χ3v) is 4.12. The van der Waals surface area contributed by atoms with Crippen LogP contribution in [-0.2, 0) is 0 Å². The summed E-state index contributed by atoms with van der Waals surface area (Å²) >= 11 is 0. The van der Waals surface area contributed by atoms with E-state index in [-0.39, 0.29) is 11.7 Å². The molecule has 1 aromatic heterocycles. The number of halogens is 2. The van der Waals surface area contributed by atoms with Gasteiger partial charge in [-0.15, -0.1) is 0 Å². The van der Waals surface area contributed by atoms with E-state index in [9.17, 15) is 8.78 Å². The van der Waals surface area contributed by atoms with Crippen LogP contribution in [-0.4, -0.2) is 5.16 Å². The van der Waals surface area contributed by atoms with E-state index in [1.165, 1.54) is 25.0 Å². The van der Waals surface area contributed by atoms with Crippen molar-refractivity contribution in [3.63, 3.8) is 0 Å². The Labute approximate surface area is 122 Å². The molecule has 0 amide bonds. The van der Waals surface area contributed by atoms with Gasteiger partial charge in [0, 0.05) is 12.0 Å². The summed E-state index contributed by atoms with van der Waals surface area (Å²) in [5.74, 6) is -0.174. The number of aromatic nitrogens is 1. The Bertz CT molecular complexity index is 611. The first-order valence-corrected chi connectivity index (χ1v) is 7.36. The molecule has 0 aliphatic heterocycles. The number of nitrogens with two attached hydrogens (primary N) is 1. The Balaban J connectivity index is 2.03. The van der Waals surface area contributed by atoms with Gasteiger partial charge in [-0.25, -0.2) is 8.78 Å². The summed E-state index contributed by atoms with van der Waals surface area (Å²) in [7, 11) is 0. The van der Waals surface area contributed by atoms with Gasteiger partial charge in [-0.2, -0.15) is 0 Å². The van der Waals surface area contributed by atoms with Crippen LogP contribution in [0.1, 0.15) is 50.2 Å². The lowest BCUT2D eigenvalue weighted by Crippen LogP contribution is -1.99. The highest BCUT2D eigenvalue weighted by Crippen LogP contribution is 2.40. The first-order chi connectivity index (χ1) is 10.1. The van der Waals surface area contributed by atoms with Gasteiger partial charge in [-0.3, -0.25) is 0 Å². The molecule has 112 valence electrons. The average Bonchev–Trinajstić information content (AvgIpc) is 2.65. The molecule has 1 heterocycles. The molecule has 1 aromatic carbocycles. The molecule has 0 bridgehead atoms. The molecular formula is C16H18F2N2O. The van der Waals surface area contributed by atoms with Gasteiger partial charge in [0.1, 0.15) is 17.4 Å². The van der Waals surface area contributed by atoms with Crippen molar-refractivity contribution in [3.8, 4) is 11.1 Å². The predicted molar refractivity (Wildman–Crippen MR) is 76.7 cm³/mol. The number of nitrogen functional groups attached to an aromatic ring is 1. The highest BCUT2D eigenvalue weighted by molar-refractivity contribution is 5.76. The number of rotatable bonds is 2. The van der Waals surface area contributed by atoms with Gasteiger partial charge in [-0.1, -0.05) is 30.8 Å². The van der Waals surface area contributed by atoms with Gasteiger partial charge in [0.25, 0.3) is 0 Å². The van der Waals surface area contributed by atoms with Crippen LogP contribution in [0, 0.1) is 11.6 Å². The van der Waals surface area contributed by atoms with E-state index >= 15 is 0 Å². The zero-order valence-electron chi connectivity index (χ0n) is 11.7. The molecule has 1 aliphatic carbocycles. The van der Waals surface area contributed by atoms with Crippen molar-refractivity contribution in [1.29, 1.82) is 0 Å². The Morgan fingerprint density at radius 3 is 2.24 bits per heavy atom. The van der Waals surface area contributed by atoms with Crippen LogP contribution < -0.4 is 5.73 Å². The molecule has 3 nitrogen and oxygen atoms in total. The summed E-state index contributed by atoms with van der Waals surface area (Å²) in [5, 5.41) is 3.82. The van der Waals surface area contributed by atoms with Gasteiger partial charge >= 0.3 is 0 Å². The van der Waals surface area contributed by atoms with E-state index in [1.807, 2.05) is 0 Å². The molecule has 1 aliphatic rings. The third-order valence-electron chi connectivity index (χ3n) is 4.12. The Hall–Kier alpha value is -1.91. The fraction of sp³-hybridized carbons (Fsp3) is 0.438. The van der Waals surface area contributed by atoms with Crippen molar-refractivity contribution in [2.75, 3.05) is 5.73 Å². The number of anilines is 1. The van der Waals surface area contributed by atoms with Crippen molar-refractivity contribution in [3.05, 3.63) is 35.6 Å². The van der Waals surface area contributed by atoms with Crippen molar-refractivity contribution in [1.82, 2.24) is 5.16 Å². The van der Waals surface area contributed by atoms with E-state index in [1.54, 1.807) is 0 Å². The molecular weight excluding hydrogens is 274 g/mol. The van der Waals surface area contributed by atoms with Crippen LogP contribution in [0.3, 0.4) is 0 Å². The summed E-state index contributed by atoms with van der Waals surface area (Å²) in [6.45, 7) is 0. The first kappa shape index (κ1) is 14.0. The largest absolute Gasteiger partial charge is 0.380 e. The van der Waals surface area contributed by atoms with Crippen molar-refractivity contribution in [2.24, 2.45) is 0 Å². The van der Waals surface area contributed by atoms with Gasteiger partial charge in [0.15, 0.2) is 5.82 Å². The second-order valence-electron chi connectivity index (χ2n) is 5.65. The van der Waals surface area contributed by atoms with E-state index in [4.69, 9.17) is 10.3 Å². The second-order valence-corrected chi connectivity index (χ2v) is 5.65. The van der Waals surface area contributed by atoms with Crippen molar-refractivity contribution in [2.45, 2.75) is 44.4 Å². The molecule has 2 aromatic rings. The van der Waals surface area contributed by atoms with Gasteiger partial charge < -0.3 is 10.3 Å². The monoisotopic (exact) mass is 292 g/mol. The molecule has 0 spiro atoms. The number of nitrogens with zero attached hydrogens (tertiary/aromatic N) is 1. The van der Waals surface area contributed by atoms with Gasteiger partial charge in [-0.05, 0) is 30.5 Å². The zero-order valence-corrected chi connectivity index (χ0v) is 11.7. The van der Waals surface area contributed by atoms with E-state index in [0.717, 1.165) is 31.7 Å². The van der Waals surface area contributed by atoms with Crippen molar-refractivity contribution < 1.29 is 13.3 Å². The highest BCUT2D eigenvalue weighted by atomic mass is 19.1. The third kappa shape index (κ3) is 2.91. The fourth-order valence-corrected chi connectivity index (χ4v) is 3.12. The number of hydrogen-bond donors (Lipinski definition) is 1. The Morgan fingerprint density at radius 2 is 1.62 bits per heavy atom. The molecule has 0 radical (unpaired) electrons. The van der Waals surface area contributed by atoms with Gasteiger partial charge in [0.05, 0.1) is 5.56 Å². The minimum Gasteiger partial charge on any atom is -0.380 e. The quantitative estimate of drug-likeness (QED) is 0.820. The van der Waals surface area contributed by atoms with Crippen LogP contribution in [0.5, 0.6) is 0 Å². The highest BCUT2D eigenvalue weighted by Gasteiger charge is 2.25. The molecule has 0 unspecified atom stereocenters. The molecule has 0 saturated heterocycles. The molecule has 21 heavy (non-hydrogen) atoms. The molecule has 1 fully saturated rings. The maximum absolute atomic E-state index is 13.5. The summed E-state index contributed by atoms with van der Waals surface area (Å²) in [4.78, 5) is 0. The van der Waals surface area contributed by atoms with Crippen molar-refractivity contribution >= 4 is 5.82 Å². The van der Waals surface area contributed by atoms with E-state index in [0.29, 0.717) is 16.9 Å². The normalized spacial score (nSPS) is 16.9. The minimum absolute atomic E-state index is 0.194. The van der Waals surface area contributed by atoms with Crippen LogP contribution >= 0.6 is 0 Å². The second kappa shape index (κ2) is 5.84. The summed E-state index contributed by atoms with van der Waals surface area (Å²) in [6.07, 6.45) is 6.68. The Kier molecular flexibility index (Phi) is 3.90. The molecule has 1 saturated carbocycles. The summed E-state index contributed by atoms with van der Waals surface area (Å²) in [5.41, 5.74) is 6.81. The summed E-state index contributed by atoms with van der Waals surface area (Å²) < 4.78 is 32.3. The SMILES string of the molecule is Nc1noc(C2CCCCCC2)c1-c1cc(F)cc(F)c1. The topological polar surface area (TPSA) is 52.0 Å². The van der Waals surface area contributed by atoms with Gasteiger partial charge in [0.2, 0.25) is 0 Å². The van der Waals surface area contributed by atoms with Crippen LogP contribution in [0.4, 0.5) is 14.6 Å². The predicted octanol–water partition coefficient (Wildman–Crippen LogP) is 4.64. The number of benzene rings is 1. The molecule has 0 atom stereocenters. The molecule has 5 heteroatoms. The standard InChI is InChI=1S/C16H18F2N2O/c17-12-7-11(8-13(18)9-12)14-15(21-20-16(14)19)10-5-3-1-2-4-6-10/h7-10H,1-6H2,(H2,19,20). The maximum atomic E-state index is 13.5. The molecule has 3 rings (SSSR count). The zero-order chi connectivity index (χ0) is 14.8. The van der Waals surface area contributed by atoms with Crippen LogP contribution in [0.2, 0.25) is 0 Å². The maximum Gasteiger partial charge on any atom is 0.175 e. The van der Waals surface area contributed by atoms with E-state index in [2.05, 4.69) is 5.16 Å². The average molecular weight is 292 g/mol. The first-order valence-electron chi connectivity index (χ1n) is 7.36. The smallest absolute Gasteiger partial charge is 0.175 e. The lowest BCUT2D eigenvalue weighted by Gasteiger charge is -2.12. The fourth-order valence-electron chi connectivity index (χ4n) is 3.12. The van der Waals surface area contributed by atoms with Crippen LogP contribution in [0.15, 0.2) is 22.7 Å². The lowest BCUT2D eigenvalue weighted by molar-refractivity contribution is 0.350. The van der Waals surface area contributed by atoms with E-state index < -0.39 is 11.6 Å².